The van der Waals surface area contributed by atoms with Gasteiger partial charge in [0.15, 0.2) is 0 Å². The lowest BCUT2D eigenvalue weighted by Crippen LogP contribution is -2.40. The van der Waals surface area contributed by atoms with E-state index in [9.17, 15) is 9.18 Å². The Balaban J connectivity index is 2.05. The van der Waals surface area contributed by atoms with E-state index < -0.39 is 0 Å². The van der Waals surface area contributed by atoms with Crippen molar-refractivity contribution in [2.75, 3.05) is 13.1 Å². The lowest BCUT2D eigenvalue weighted by atomic mass is 10.2. The van der Waals surface area contributed by atoms with Gasteiger partial charge in [0.2, 0.25) is 0 Å². The zero-order chi connectivity index (χ0) is 18.8. The van der Waals surface area contributed by atoms with Crippen LogP contribution in [0.4, 0.5) is 9.18 Å². The SMILES string of the molecule is CCCCNC(=O)N(CCCC)Cc1cccn1Cc1cccc(F)c1. The minimum atomic E-state index is -0.226. The van der Waals surface area contributed by atoms with Crippen LogP contribution in [0, 0.1) is 5.82 Å². The molecule has 0 aliphatic carbocycles. The summed E-state index contributed by atoms with van der Waals surface area (Å²) >= 11 is 0. The minimum Gasteiger partial charge on any atom is -0.345 e. The lowest BCUT2D eigenvalue weighted by Gasteiger charge is -2.24. The second kappa shape index (κ2) is 10.6. The molecule has 1 N–H and O–H groups in total. The van der Waals surface area contributed by atoms with Crippen LogP contribution < -0.4 is 5.32 Å². The van der Waals surface area contributed by atoms with Crippen molar-refractivity contribution in [1.29, 1.82) is 0 Å². The predicted molar refractivity (Wildman–Crippen MR) is 104 cm³/mol. The van der Waals surface area contributed by atoms with Crippen molar-refractivity contribution >= 4 is 6.03 Å². The van der Waals surface area contributed by atoms with E-state index in [1.54, 1.807) is 12.1 Å². The summed E-state index contributed by atoms with van der Waals surface area (Å²) in [6, 6.07) is 10.6. The summed E-state index contributed by atoms with van der Waals surface area (Å²) in [5.41, 5.74) is 1.96. The van der Waals surface area contributed by atoms with E-state index in [4.69, 9.17) is 0 Å². The second-order valence-electron chi connectivity index (χ2n) is 6.62. The quantitative estimate of drug-likeness (QED) is 0.609. The molecule has 0 saturated carbocycles. The Hall–Kier alpha value is -2.30. The topological polar surface area (TPSA) is 37.3 Å². The first-order valence-electron chi connectivity index (χ1n) is 9.55. The number of nitrogens with one attached hydrogen (secondary N) is 1. The van der Waals surface area contributed by atoms with Crippen molar-refractivity contribution in [1.82, 2.24) is 14.8 Å². The number of aromatic nitrogens is 1. The maximum atomic E-state index is 13.4. The van der Waals surface area contributed by atoms with Gasteiger partial charge in [-0.1, -0.05) is 38.8 Å². The van der Waals surface area contributed by atoms with Crippen molar-refractivity contribution in [2.24, 2.45) is 0 Å². The molecule has 5 heteroatoms. The number of carbonyl (C=O) groups is 1. The molecule has 0 aliphatic rings. The number of benzene rings is 1. The molecule has 142 valence electrons. The molecule has 0 fully saturated rings. The Morgan fingerprint density at radius 1 is 1.15 bits per heavy atom. The molecule has 2 rings (SSSR count). The third-order valence-corrected chi connectivity index (χ3v) is 4.39. The zero-order valence-corrected chi connectivity index (χ0v) is 15.9. The summed E-state index contributed by atoms with van der Waals surface area (Å²) in [6.07, 6.45) is 6.05. The summed E-state index contributed by atoms with van der Waals surface area (Å²) in [4.78, 5) is 14.4. The van der Waals surface area contributed by atoms with Crippen LogP contribution in [-0.4, -0.2) is 28.6 Å². The van der Waals surface area contributed by atoms with E-state index in [1.165, 1.54) is 6.07 Å². The molecule has 0 saturated heterocycles. The third kappa shape index (κ3) is 6.21. The van der Waals surface area contributed by atoms with Crippen molar-refractivity contribution < 1.29 is 9.18 Å². The van der Waals surface area contributed by atoms with Gasteiger partial charge in [-0.25, -0.2) is 9.18 Å². The number of amides is 2. The highest BCUT2D eigenvalue weighted by Gasteiger charge is 2.15. The number of carbonyl (C=O) groups excluding carboxylic acids is 1. The van der Waals surface area contributed by atoms with E-state index >= 15 is 0 Å². The molecule has 1 aromatic carbocycles. The number of nitrogens with zero attached hydrogens (tertiary/aromatic N) is 2. The van der Waals surface area contributed by atoms with Gasteiger partial charge >= 0.3 is 6.03 Å². The minimum absolute atomic E-state index is 0.00888. The molecule has 0 aliphatic heterocycles. The normalized spacial score (nSPS) is 10.7. The Kier molecular flexibility index (Phi) is 8.19. The lowest BCUT2D eigenvalue weighted by molar-refractivity contribution is 0.192. The fraction of sp³-hybridized carbons (Fsp3) is 0.476. The molecule has 1 heterocycles. The molecular formula is C21H30FN3O. The van der Waals surface area contributed by atoms with Crippen molar-refractivity contribution in [3.63, 3.8) is 0 Å². The molecule has 2 amide bonds. The van der Waals surface area contributed by atoms with Gasteiger partial charge in [-0.3, -0.25) is 0 Å². The summed E-state index contributed by atoms with van der Waals surface area (Å²) in [5, 5.41) is 3.01. The first-order valence-corrected chi connectivity index (χ1v) is 9.55. The Bertz CT molecular complexity index is 683. The molecule has 2 aromatic rings. The van der Waals surface area contributed by atoms with Crippen LogP contribution in [0.2, 0.25) is 0 Å². The molecule has 0 radical (unpaired) electrons. The highest BCUT2D eigenvalue weighted by atomic mass is 19.1. The van der Waals surface area contributed by atoms with E-state index in [0.29, 0.717) is 19.6 Å². The van der Waals surface area contributed by atoms with Gasteiger partial charge in [-0.2, -0.15) is 0 Å². The van der Waals surface area contributed by atoms with E-state index in [1.807, 2.05) is 29.3 Å². The van der Waals surface area contributed by atoms with Gasteiger partial charge in [-0.15, -0.1) is 0 Å². The van der Waals surface area contributed by atoms with Gasteiger partial charge < -0.3 is 14.8 Å². The maximum Gasteiger partial charge on any atom is 0.317 e. The number of unbranched alkanes of at least 4 members (excludes halogenated alkanes) is 2. The van der Waals surface area contributed by atoms with Gasteiger partial charge in [-0.05, 0) is 42.7 Å². The van der Waals surface area contributed by atoms with Crippen LogP contribution >= 0.6 is 0 Å². The van der Waals surface area contributed by atoms with Crippen LogP contribution in [0.3, 0.4) is 0 Å². The van der Waals surface area contributed by atoms with Gasteiger partial charge in [0.1, 0.15) is 5.82 Å². The first-order chi connectivity index (χ1) is 12.6. The average Bonchev–Trinajstić information content (AvgIpc) is 3.05. The third-order valence-electron chi connectivity index (χ3n) is 4.39. The molecular weight excluding hydrogens is 329 g/mol. The fourth-order valence-corrected chi connectivity index (χ4v) is 2.86. The van der Waals surface area contributed by atoms with E-state index in [-0.39, 0.29) is 11.8 Å². The highest BCUT2D eigenvalue weighted by Crippen LogP contribution is 2.12. The Morgan fingerprint density at radius 3 is 2.69 bits per heavy atom. The summed E-state index contributed by atoms with van der Waals surface area (Å²) in [6.45, 7) is 6.83. The predicted octanol–water partition coefficient (Wildman–Crippen LogP) is 4.79. The maximum absolute atomic E-state index is 13.4. The van der Waals surface area contributed by atoms with Crippen molar-refractivity contribution in [2.45, 2.75) is 52.6 Å². The number of halogens is 1. The monoisotopic (exact) mass is 359 g/mol. The van der Waals surface area contributed by atoms with Gasteiger partial charge in [0.05, 0.1) is 6.54 Å². The molecule has 26 heavy (non-hydrogen) atoms. The Morgan fingerprint density at radius 2 is 1.96 bits per heavy atom. The Labute approximate surface area is 156 Å². The molecule has 1 aromatic heterocycles. The van der Waals surface area contributed by atoms with E-state index in [2.05, 4.69) is 23.7 Å². The van der Waals surface area contributed by atoms with Crippen LogP contribution in [0.5, 0.6) is 0 Å². The number of hydrogen-bond acceptors (Lipinski definition) is 1. The average molecular weight is 359 g/mol. The van der Waals surface area contributed by atoms with Crippen LogP contribution in [0.15, 0.2) is 42.6 Å². The molecule has 0 spiro atoms. The van der Waals surface area contributed by atoms with Gasteiger partial charge in [0.25, 0.3) is 0 Å². The molecule has 0 bridgehead atoms. The highest BCUT2D eigenvalue weighted by molar-refractivity contribution is 5.74. The number of rotatable bonds is 10. The molecule has 0 unspecified atom stereocenters. The number of urea groups is 1. The fourth-order valence-electron chi connectivity index (χ4n) is 2.86. The van der Waals surface area contributed by atoms with Crippen molar-refractivity contribution in [3.05, 3.63) is 59.7 Å². The smallest absolute Gasteiger partial charge is 0.317 e. The summed E-state index contributed by atoms with van der Waals surface area (Å²) < 4.78 is 15.5. The number of hydrogen-bond donors (Lipinski definition) is 1. The largest absolute Gasteiger partial charge is 0.345 e. The summed E-state index contributed by atoms with van der Waals surface area (Å²) in [5.74, 6) is -0.226. The standard InChI is InChI=1S/C21H30FN3O/c1-3-5-12-23-21(26)25(13-6-4-2)17-20-11-8-14-24(20)16-18-9-7-10-19(22)15-18/h7-11,14-15H,3-6,12-13,16-17H2,1-2H3,(H,23,26). The van der Waals surface area contributed by atoms with E-state index in [0.717, 1.165) is 43.5 Å². The van der Waals surface area contributed by atoms with Crippen molar-refractivity contribution in [3.8, 4) is 0 Å². The van der Waals surface area contributed by atoms with Crippen LogP contribution in [0.1, 0.15) is 50.8 Å². The molecule has 0 atom stereocenters. The van der Waals surface area contributed by atoms with Gasteiger partial charge in [0, 0.05) is 31.5 Å². The van der Waals surface area contributed by atoms with Crippen LogP contribution in [-0.2, 0) is 13.1 Å². The zero-order valence-electron chi connectivity index (χ0n) is 15.9. The summed E-state index contributed by atoms with van der Waals surface area (Å²) in [7, 11) is 0. The molecule has 4 nitrogen and oxygen atoms in total. The first kappa shape index (κ1) is 20.0. The van der Waals surface area contributed by atoms with Crippen LogP contribution in [0.25, 0.3) is 0 Å². The second-order valence-corrected chi connectivity index (χ2v) is 6.62.